The van der Waals surface area contributed by atoms with E-state index in [1.54, 1.807) is 20.1 Å². The van der Waals surface area contributed by atoms with Crippen LogP contribution in [0.1, 0.15) is 54.3 Å². The molecule has 0 saturated carbocycles. The lowest BCUT2D eigenvalue weighted by molar-refractivity contribution is -0.480. The highest BCUT2D eigenvalue weighted by Crippen LogP contribution is 2.29. The van der Waals surface area contributed by atoms with Crippen molar-refractivity contribution >= 4 is 46.7 Å². The first-order chi connectivity index (χ1) is 17.8. The molecule has 5 nitrogen and oxygen atoms in total. The van der Waals surface area contributed by atoms with Crippen LogP contribution in [-0.2, 0) is 26.3 Å². The van der Waals surface area contributed by atoms with Gasteiger partial charge in [0.25, 0.3) is 0 Å². The quantitative estimate of drug-likeness (QED) is 0.0905. The van der Waals surface area contributed by atoms with Crippen molar-refractivity contribution in [3.8, 4) is 0 Å². The summed E-state index contributed by atoms with van der Waals surface area (Å²) in [6.07, 6.45) is 6.68. The average Bonchev–Trinajstić information content (AvgIpc) is 2.89. The zero-order valence-electron chi connectivity index (χ0n) is 21.1. The van der Waals surface area contributed by atoms with Crippen molar-refractivity contribution in [2.75, 3.05) is 6.26 Å². The molecule has 1 heterocycles. The molecule has 0 bridgehead atoms. The van der Waals surface area contributed by atoms with E-state index in [1.807, 2.05) is 84.9 Å². The minimum atomic E-state index is -0.932. The summed E-state index contributed by atoms with van der Waals surface area (Å²) in [5.41, 5.74) is 4.68. The highest BCUT2D eigenvalue weighted by atomic mass is 35.5. The fourth-order valence-electron chi connectivity index (χ4n) is 4.23. The van der Waals surface area contributed by atoms with E-state index in [-0.39, 0.29) is 6.10 Å². The molecule has 0 amide bonds. The normalized spacial score (nSPS) is 12.9. The van der Waals surface area contributed by atoms with Crippen molar-refractivity contribution < 1.29 is 19.4 Å². The molecule has 4 aromatic rings. The van der Waals surface area contributed by atoms with Gasteiger partial charge in [0, 0.05) is 28.7 Å². The first-order valence-electron chi connectivity index (χ1n) is 12.0. The topological polar surface area (TPSA) is 60.8 Å². The largest absolute Gasteiger partial charge is 0.386 e. The molecular weight excluding hydrogens is 506 g/mol. The third-order valence-electron chi connectivity index (χ3n) is 6.01. The third-order valence-corrected chi connectivity index (χ3v) is 6.44. The molecule has 0 spiro atoms. The molecule has 192 valence electrons. The Bertz CT molecular complexity index is 1370. The van der Waals surface area contributed by atoms with Crippen LogP contribution in [0.5, 0.6) is 0 Å². The van der Waals surface area contributed by atoms with Gasteiger partial charge in [-0.3, -0.25) is 0 Å². The van der Waals surface area contributed by atoms with Crippen molar-refractivity contribution in [3.05, 3.63) is 112 Å². The Hall–Kier alpha value is -2.71. The molecule has 0 saturated heterocycles. The number of aliphatic hydroxyl groups is 1. The van der Waals surface area contributed by atoms with Gasteiger partial charge in [0.15, 0.2) is 0 Å². The Morgan fingerprint density at radius 2 is 1.81 bits per heavy atom. The Morgan fingerprint density at radius 3 is 2.62 bits per heavy atom. The summed E-state index contributed by atoms with van der Waals surface area (Å²) in [6.45, 7) is 3.59. The molecule has 0 aliphatic carbocycles. The van der Waals surface area contributed by atoms with E-state index in [0.29, 0.717) is 17.9 Å². The fraction of sp³-hybridized carbons (Fsp3) is 0.233. The second kappa shape index (κ2) is 12.7. The first kappa shape index (κ1) is 27.3. The minimum Gasteiger partial charge on any atom is -0.386 e. The molecule has 7 heteroatoms. The van der Waals surface area contributed by atoms with E-state index in [2.05, 4.69) is 6.07 Å². The Balaban J connectivity index is 1.53. The minimum absolute atomic E-state index is 0.378. The van der Waals surface area contributed by atoms with E-state index in [1.165, 1.54) is 0 Å². The van der Waals surface area contributed by atoms with Crippen LogP contribution in [-0.4, -0.2) is 16.3 Å². The number of aromatic nitrogens is 1. The van der Waals surface area contributed by atoms with Gasteiger partial charge in [-0.25, -0.2) is 4.98 Å². The molecular formula is C30H30ClNO4S. The Morgan fingerprint density at radius 1 is 1.00 bits per heavy atom. The monoisotopic (exact) mass is 535 g/mol. The molecule has 4 rings (SSSR count). The van der Waals surface area contributed by atoms with Crippen LogP contribution in [0, 0.1) is 0 Å². The van der Waals surface area contributed by atoms with Crippen LogP contribution in [0.25, 0.3) is 23.1 Å². The number of aryl methyl sites for hydroxylation is 1. The maximum absolute atomic E-state index is 10.6. The molecule has 1 atom stereocenters. The summed E-state index contributed by atoms with van der Waals surface area (Å²) in [4.78, 5) is 10.3. The number of nitrogens with zero attached hydrogens (tertiary/aromatic N) is 1. The third kappa shape index (κ3) is 7.65. The zero-order chi connectivity index (χ0) is 26.3. The van der Waals surface area contributed by atoms with Gasteiger partial charge in [-0.2, -0.15) is 4.89 Å². The number of halogens is 1. The standard InChI is InChI=1S/C30H30ClNO4S/c1-30(2,33)27-10-5-4-8-22(27)14-18-29(34-35-36-37-3)24-9-6-7-21(19-24)11-16-26-17-13-23-12-15-25(31)20-28(23)32-26/h4-13,15-17,19-20,29,33H,14,18H2,1-3H3/t29-/m0/s1. The van der Waals surface area contributed by atoms with Crippen LogP contribution in [0.15, 0.2) is 78.9 Å². The molecule has 0 fully saturated rings. The van der Waals surface area contributed by atoms with Gasteiger partial charge in [0.1, 0.15) is 6.10 Å². The summed E-state index contributed by atoms with van der Waals surface area (Å²) >= 11 is 7.19. The second-order valence-corrected chi connectivity index (χ2v) is 10.1. The summed E-state index contributed by atoms with van der Waals surface area (Å²) in [5.74, 6) is 0. The van der Waals surface area contributed by atoms with Gasteiger partial charge >= 0.3 is 0 Å². The second-order valence-electron chi connectivity index (χ2n) is 9.22. The number of hydrogen-bond donors (Lipinski definition) is 1. The van der Waals surface area contributed by atoms with Crippen LogP contribution in [0.3, 0.4) is 0 Å². The van der Waals surface area contributed by atoms with Crippen LogP contribution >= 0.6 is 23.6 Å². The number of pyridine rings is 1. The maximum atomic E-state index is 10.6. The van der Waals surface area contributed by atoms with Gasteiger partial charge in [0.2, 0.25) is 0 Å². The smallest absolute Gasteiger partial charge is 0.121 e. The van der Waals surface area contributed by atoms with Crippen molar-refractivity contribution in [2.24, 2.45) is 0 Å². The molecule has 1 aromatic heterocycles. The summed E-state index contributed by atoms with van der Waals surface area (Å²) < 4.78 is 4.92. The number of hydrogen-bond acceptors (Lipinski definition) is 6. The van der Waals surface area contributed by atoms with Gasteiger partial charge in [-0.15, -0.1) is 4.33 Å². The summed E-state index contributed by atoms with van der Waals surface area (Å²) in [5, 5.41) is 17.3. The molecule has 0 unspecified atom stereocenters. The van der Waals surface area contributed by atoms with Crippen molar-refractivity contribution in [1.29, 1.82) is 0 Å². The first-order valence-corrected chi connectivity index (χ1v) is 13.5. The SMILES string of the molecule is CSOOO[C@@H](CCc1ccccc1C(C)(C)O)c1cccc(C=Cc2ccc3ccc(Cl)cc3n2)c1. The molecule has 0 radical (unpaired) electrons. The van der Waals surface area contributed by atoms with Crippen molar-refractivity contribution in [3.63, 3.8) is 0 Å². The predicted molar refractivity (Wildman–Crippen MR) is 152 cm³/mol. The molecule has 37 heavy (non-hydrogen) atoms. The zero-order valence-corrected chi connectivity index (χ0v) is 22.6. The lowest BCUT2D eigenvalue weighted by Crippen LogP contribution is -2.18. The van der Waals surface area contributed by atoms with E-state index in [0.717, 1.165) is 50.9 Å². The number of rotatable bonds is 11. The fourth-order valence-corrected chi connectivity index (χ4v) is 4.48. The van der Waals surface area contributed by atoms with E-state index in [9.17, 15) is 5.11 Å². The predicted octanol–water partition coefficient (Wildman–Crippen LogP) is 8.12. The summed E-state index contributed by atoms with van der Waals surface area (Å²) in [7, 11) is 0. The molecule has 0 aliphatic rings. The van der Waals surface area contributed by atoms with Crippen LogP contribution < -0.4 is 0 Å². The molecule has 3 aromatic carbocycles. The van der Waals surface area contributed by atoms with E-state index >= 15 is 0 Å². The number of benzene rings is 3. The van der Waals surface area contributed by atoms with E-state index < -0.39 is 5.60 Å². The van der Waals surface area contributed by atoms with Crippen molar-refractivity contribution in [2.45, 2.75) is 38.4 Å². The van der Waals surface area contributed by atoms with Gasteiger partial charge in [0.05, 0.1) is 16.8 Å². The Kier molecular flexibility index (Phi) is 9.38. The molecule has 1 N–H and O–H groups in total. The van der Waals surface area contributed by atoms with Gasteiger partial charge in [-0.1, -0.05) is 77.3 Å². The Labute approximate surface area is 227 Å². The maximum Gasteiger partial charge on any atom is 0.121 e. The summed E-state index contributed by atoms with van der Waals surface area (Å²) in [6, 6.07) is 25.7. The van der Waals surface area contributed by atoms with Crippen LogP contribution in [0.2, 0.25) is 5.02 Å². The van der Waals surface area contributed by atoms with Gasteiger partial charge < -0.3 is 5.11 Å². The lowest BCUT2D eigenvalue weighted by Gasteiger charge is -2.23. The average molecular weight is 536 g/mol. The van der Waals surface area contributed by atoms with Gasteiger partial charge in [-0.05, 0) is 79.3 Å². The highest BCUT2D eigenvalue weighted by Gasteiger charge is 2.21. The highest BCUT2D eigenvalue weighted by molar-refractivity contribution is 7.93. The van der Waals surface area contributed by atoms with Crippen molar-refractivity contribution in [1.82, 2.24) is 4.98 Å². The number of fused-ring (bicyclic) bond motifs is 1. The van der Waals surface area contributed by atoms with E-state index in [4.69, 9.17) is 30.8 Å². The van der Waals surface area contributed by atoms with Crippen LogP contribution in [0.4, 0.5) is 0 Å². The molecule has 0 aliphatic heterocycles. The lowest BCUT2D eigenvalue weighted by atomic mass is 9.90.